The van der Waals surface area contributed by atoms with E-state index in [0.29, 0.717) is 22.6 Å². The van der Waals surface area contributed by atoms with Gasteiger partial charge in [0.15, 0.2) is 5.82 Å². The van der Waals surface area contributed by atoms with Gasteiger partial charge in [0.25, 0.3) is 0 Å². The molecule has 1 atom stereocenters. The molecule has 1 aromatic heterocycles. The number of amides is 1. The molecule has 7 nitrogen and oxygen atoms in total. The number of ether oxygens (including phenoxy) is 1. The van der Waals surface area contributed by atoms with Crippen LogP contribution in [0.3, 0.4) is 0 Å². The highest BCUT2D eigenvalue weighted by atomic mass is 32.2. The van der Waals surface area contributed by atoms with E-state index in [2.05, 4.69) is 29.4 Å². The van der Waals surface area contributed by atoms with Gasteiger partial charge in [-0.25, -0.2) is 4.68 Å². The molecule has 1 amide bonds. The number of para-hydroxylation sites is 2. The lowest BCUT2D eigenvalue weighted by molar-refractivity contribution is -0.115. The van der Waals surface area contributed by atoms with E-state index in [0.717, 1.165) is 16.8 Å². The zero-order valence-electron chi connectivity index (χ0n) is 16.9. The molecule has 2 aromatic carbocycles. The van der Waals surface area contributed by atoms with Gasteiger partial charge in [0, 0.05) is 5.69 Å². The third kappa shape index (κ3) is 4.54. The fraction of sp³-hybridized carbons (Fsp3) is 0.286. The topological polar surface area (TPSA) is 95.1 Å². The number of nitrogens with one attached hydrogen (secondary N) is 1. The predicted octanol–water partition coefficient (Wildman–Crippen LogP) is 3.91. The number of nitrogens with zero attached hydrogens (tertiary/aromatic N) is 3. The minimum atomic E-state index is -0.410. The van der Waals surface area contributed by atoms with Crippen LogP contribution < -0.4 is 15.9 Å². The molecule has 0 aliphatic rings. The highest BCUT2D eigenvalue weighted by molar-refractivity contribution is 8.00. The summed E-state index contributed by atoms with van der Waals surface area (Å²) in [5.74, 6) is 7.52. The van der Waals surface area contributed by atoms with Gasteiger partial charge in [0.1, 0.15) is 5.75 Å². The largest absolute Gasteiger partial charge is 0.496 e. The van der Waals surface area contributed by atoms with Gasteiger partial charge in [-0.3, -0.25) is 4.79 Å². The number of nitrogens with two attached hydrogens (primary N) is 1. The number of hydrogen-bond acceptors (Lipinski definition) is 6. The van der Waals surface area contributed by atoms with E-state index in [9.17, 15) is 4.79 Å². The smallest absolute Gasteiger partial charge is 0.237 e. The molecule has 152 valence electrons. The summed E-state index contributed by atoms with van der Waals surface area (Å²) in [4.78, 5) is 12.7. The summed E-state index contributed by atoms with van der Waals surface area (Å²) in [5, 5.41) is 11.4. The van der Waals surface area contributed by atoms with Crippen LogP contribution >= 0.6 is 11.8 Å². The van der Waals surface area contributed by atoms with Crippen molar-refractivity contribution in [3.8, 4) is 17.1 Å². The number of carbonyl (C=O) groups excluding carboxylic acids is 1. The number of aromatic nitrogens is 3. The van der Waals surface area contributed by atoms with Crippen molar-refractivity contribution in [3.63, 3.8) is 0 Å². The van der Waals surface area contributed by atoms with E-state index in [1.807, 2.05) is 55.5 Å². The van der Waals surface area contributed by atoms with Gasteiger partial charge in [0.2, 0.25) is 11.1 Å². The Hall–Kier alpha value is -3.00. The highest BCUT2D eigenvalue weighted by Gasteiger charge is 2.22. The molecule has 0 fully saturated rings. The number of anilines is 1. The molecule has 0 aliphatic heterocycles. The number of hydrogen-bond donors (Lipinski definition) is 2. The minimum absolute atomic E-state index is 0.120. The predicted molar refractivity (Wildman–Crippen MR) is 117 cm³/mol. The van der Waals surface area contributed by atoms with Crippen molar-refractivity contribution < 1.29 is 9.53 Å². The van der Waals surface area contributed by atoms with Gasteiger partial charge < -0.3 is 15.9 Å². The van der Waals surface area contributed by atoms with Crippen molar-refractivity contribution in [2.24, 2.45) is 0 Å². The second kappa shape index (κ2) is 9.00. The molecule has 0 spiro atoms. The Labute approximate surface area is 174 Å². The van der Waals surface area contributed by atoms with Crippen molar-refractivity contribution in [3.05, 3.63) is 54.1 Å². The first-order chi connectivity index (χ1) is 13.9. The molecular weight excluding hydrogens is 386 g/mol. The number of nitrogen functional groups attached to an aromatic ring is 1. The van der Waals surface area contributed by atoms with Crippen LogP contribution in [-0.2, 0) is 4.79 Å². The number of rotatable bonds is 7. The summed E-state index contributed by atoms with van der Waals surface area (Å²) < 4.78 is 6.76. The molecule has 29 heavy (non-hydrogen) atoms. The third-order valence-corrected chi connectivity index (χ3v) is 5.56. The molecule has 8 heteroatoms. The minimum Gasteiger partial charge on any atom is -0.496 e. The Balaban J connectivity index is 1.76. The van der Waals surface area contributed by atoms with Crippen LogP contribution in [0.1, 0.15) is 32.3 Å². The van der Waals surface area contributed by atoms with Crippen LogP contribution in [0, 0.1) is 0 Å². The van der Waals surface area contributed by atoms with Gasteiger partial charge >= 0.3 is 0 Å². The zero-order valence-corrected chi connectivity index (χ0v) is 17.7. The fourth-order valence-electron chi connectivity index (χ4n) is 2.93. The average Bonchev–Trinajstić information content (AvgIpc) is 3.08. The Morgan fingerprint density at radius 3 is 2.52 bits per heavy atom. The highest BCUT2D eigenvalue weighted by Crippen LogP contribution is 2.31. The maximum absolute atomic E-state index is 12.7. The van der Waals surface area contributed by atoms with Crippen molar-refractivity contribution in [2.75, 3.05) is 18.3 Å². The Kier molecular flexibility index (Phi) is 6.43. The number of thioether (sulfide) groups is 1. The summed E-state index contributed by atoms with van der Waals surface area (Å²) >= 11 is 1.25. The Morgan fingerprint density at radius 2 is 1.79 bits per heavy atom. The maximum Gasteiger partial charge on any atom is 0.237 e. The molecule has 0 saturated heterocycles. The van der Waals surface area contributed by atoms with Crippen molar-refractivity contribution in [2.45, 2.75) is 37.1 Å². The first-order valence-corrected chi connectivity index (χ1v) is 10.2. The lowest BCUT2D eigenvalue weighted by atomic mass is 10.0. The quantitative estimate of drug-likeness (QED) is 0.452. The summed E-state index contributed by atoms with van der Waals surface area (Å²) in [7, 11) is 1.59. The van der Waals surface area contributed by atoms with E-state index >= 15 is 0 Å². The fourth-order valence-corrected chi connectivity index (χ4v) is 3.70. The van der Waals surface area contributed by atoms with E-state index < -0.39 is 5.25 Å². The maximum atomic E-state index is 12.7. The summed E-state index contributed by atoms with van der Waals surface area (Å²) in [6.07, 6.45) is 0. The van der Waals surface area contributed by atoms with Crippen LogP contribution in [0.5, 0.6) is 5.75 Å². The molecule has 0 aliphatic carbocycles. The summed E-state index contributed by atoms with van der Waals surface area (Å²) in [6.45, 7) is 6.01. The van der Waals surface area contributed by atoms with Crippen molar-refractivity contribution in [1.29, 1.82) is 0 Å². The number of benzene rings is 2. The summed E-state index contributed by atoms with van der Waals surface area (Å²) in [5.41, 5.74) is 2.65. The molecule has 0 bridgehead atoms. The molecule has 0 radical (unpaired) electrons. The van der Waals surface area contributed by atoms with Gasteiger partial charge in [-0.05, 0) is 36.6 Å². The molecule has 3 N–H and O–H groups in total. The van der Waals surface area contributed by atoms with Gasteiger partial charge in [0.05, 0.1) is 17.9 Å². The van der Waals surface area contributed by atoms with Crippen LogP contribution in [0.15, 0.2) is 53.7 Å². The second-order valence-corrected chi connectivity index (χ2v) is 8.18. The Morgan fingerprint density at radius 1 is 1.10 bits per heavy atom. The molecular formula is C21H25N5O2S. The van der Waals surface area contributed by atoms with Crippen LogP contribution in [0.4, 0.5) is 5.69 Å². The molecule has 0 saturated carbocycles. The van der Waals surface area contributed by atoms with Crippen LogP contribution in [0.25, 0.3) is 11.4 Å². The van der Waals surface area contributed by atoms with E-state index in [-0.39, 0.29) is 5.91 Å². The zero-order chi connectivity index (χ0) is 21.0. The van der Waals surface area contributed by atoms with Gasteiger partial charge in [-0.1, -0.05) is 55.9 Å². The molecule has 3 aromatic rings. The first kappa shape index (κ1) is 20.7. The lowest BCUT2D eigenvalue weighted by Crippen LogP contribution is -2.24. The van der Waals surface area contributed by atoms with Crippen molar-refractivity contribution in [1.82, 2.24) is 14.9 Å². The monoisotopic (exact) mass is 411 g/mol. The lowest BCUT2D eigenvalue weighted by Gasteiger charge is -2.16. The first-order valence-electron chi connectivity index (χ1n) is 9.32. The normalized spacial score (nSPS) is 12.0. The van der Waals surface area contributed by atoms with Gasteiger partial charge in [-0.2, -0.15) is 0 Å². The average molecular weight is 412 g/mol. The van der Waals surface area contributed by atoms with E-state index in [1.54, 1.807) is 7.11 Å². The van der Waals surface area contributed by atoms with Crippen molar-refractivity contribution >= 4 is 23.4 Å². The number of carbonyl (C=O) groups is 1. The van der Waals surface area contributed by atoms with Crippen LogP contribution in [-0.4, -0.2) is 33.1 Å². The standard InChI is InChI=1S/C21H25N5O2S/c1-13(2)15-9-5-7-11-17(15)23-20(27)14(3)29-21-25-24-19(26(21)22)16-10-6-8-12-18(16)28-4/h5-14H,22H2,1-4H3,(H,23,27). The summed E-state index contributed by atoms with van der Waals surface area (Å²) in [6, 6.07) is 15.3. The second-order valence-electron chi connectivity index (χ2n) is 6.87. The third-order valence-electron chi connectivity index (χ3n) is 4.50. The molecule has 1 heterocycles. The van der Waals surface area contributed by atoms with Gasteiger partial charge in [-0.15, -0.1) is 10.2 Å². The Bertz CT molecular complexity index is 1000. The molecule has 3 rings (SSSR count). The van der Waals surface area contributed by atoms with Crippen LogP contribution in [0.2, 0.25) is 0 Å². The number of methoxy groups -OCH3 is 1. The SMILES string of the molecule is COc1ccccc1-c1nnc(SC(C)C(=O)Nc2ccccc2C(C)C)n1N. The van der Waals surface area contributed by atoms with E-state index in [4.69, 9.17) is 10.6 Å². The van der Waals surface area contributed by atoms with E-state index in [1.165, 1.54) is 16.4 Å². The molecule has 1 unspecified atom stereocenters.